The molecule has 0 saturated heterocycles. The van der Waals surface area contributed by atoms with E-state index in [-0.39, 0.29) is 22.5 Å². The van der Waals surface area contributed by atoms with E-state index < -0.39 is 11.8 Å². The number of anilines is 2. The summed E-state index contributed by atoms with van der Waals surface area (Å²) in [4.78, 5) is 27.8. The van der Waals surface area contributed by atoms with Crippen molar-refractivity contribution < 1.29 is 19.1 Å². The Hall–Kier alpha value is -5.34. The Labute approximate surface area is 208 Å². The van der Waals surface area contributed by atoms with E-state index in [4.69, 9.17) is 15.2 Å². The van der Waals surface area contributed by atoms with E-state index in [0.717, 1.165) is 4.90 Å². The van der Waals surface area contributed by atoms with E-state index in [9.17, 15) is 20.1 Å². The summed E-state index contributed by atoms with van der Waals surface area (Å²) in [5.41, 5.74) is 6.70. The molecule has 0 spiro atoms. The summed E-state index contributed by atoms with van der Waals surface area (Å²) in [5.74, 6) is -0.638. The van der Waals surface area contributed by atoms with Crippen molar-refractivity contribution in [1.29, 1.82) is 10.5 Å². The molecule has 0 heterocycles. The van der Waals surface area contributed by atoms with Crippen LogP contribution in [0.3, 0.4) is 0 Å². The lowest BCUT2D eigenvalue weighted by Gasteiger charge is -2.22. The highest BCUT2D eigenvalue weighted by atomic mass is 16.5. The molecule has 0 aliphatic carbocycles. The van der Waals surface area contributed by atoms with Crippen molar-refractivity contribution in [3.63, 3.8) is 0 Å². The van der Waals surface area contributed by atoms with Crippen molar-refractivity contribution in [3.8, 4) is 23.6 Å². The molecule has 0 aliphatic rings. The minimum absolute atomic E-state index is 0.0549. The van der Waals surface area contributed by atoms with Crippen LogP contribution in [0.2, 0.25) is 0 Å². The number of hydrogen-bond acceptors (Lipinski definition) is 7. The van der Waals surface area contributed by atoms with Gasteiger partial charge in [0.05, 0.1) is 25.6 Å². The van der Waals surface area contributed by atoms with Gasteiger partial charge in [-0.15, -0.1) is 0 Å². The zero-order valence-corrected chi connectivity index (χ0v) is 19.6. The number of methoxy groups -OCH3 is 2. The third kappa shape index (κ3) is 5.77. The summed E-state index contributed by atoms with van der Waals surface area (Å²) in [6, 6.07) is 23.3. The van der Waals surface area contributed by atoms with Crippen LogP contribution in [-0.2, 0) is 9.59 Å². The molecule has 3 rings (SSSR count). The first-order chi connectivity index (χ1) is 17.4. The Morgan fingerprint density at radius 1 is 0.750 bits per heavy atom. The van der Waals surface area contributed by atoms with E-state index in [2.05, 4.69) is 0 Å². The van der Waals surface area contributed by atoms with Crippen LogP contribution in [0.1, 0.15) is 11.1 Å². The van der Waals surface area contributed by atoms with Gasteiger partial charge in [-0.25, -0.2) is 4.90 Å². The van der Waals surface area contributed by atoms with Gasteiger partial charge in [0, 0.05) is 0 Å². The second-order valence-corrected chi connectivity index (χ2v) is 7.39. The minimum Gasteiger partial charge on any atom is -0.497 e. The fourth-order valence-electron chi connectivity index (χ4n) is 3.26. The molecule has 178 valence electrons. The maximum absolute atomic E-state index is 13.5. The average molecular weight is 479 g/mol. The van der Waals surface area contributed by atoms with E-state index in [0.29, 0.717) is 22.6 Å². The fourth-order valence-corrected chi connectivity index (χ4v) is 3.26. The monoisotopic (exact) mass is 478 g/mol. The molecule has 0 aromatic heterocycles. The van der Waals surface area contributed by atoms with Crippen molar-refractivity contribution >= 4 is 35.3 Å². The van der Waals surface area contributed by atoms with Crippen LogP contribution in [-0.4, -0.2) is 26.0 Å². The highest BCUT2D eigenvalue weighted by Gasteiger charge is 2.30. The van der Waals surface area contributed by atoms with Crippen molar-refractivity contribution in [2.24, 2.45) is 0 Å². The van der Waals surface area contributed by atoms with Gasteiger partial charge in [-0.1, -0.05) is 36.4 Å². The summed E-state index contributed by atoms with van der Waals surface area (Å²) in [5, 5.41) is 19.5. The molecule has 0 fully saturated rings. The highest BCUT2D eigenvalue weighted by molar-refractivity contribution is 6.30. The molecule has 2 amide bonds. The standard InChI is InChI=1S/C28H22N4O4/c1-35-23-11-7-19(8-12-23)15-21(17-29)27(33)32(26-6-4-3-5-25(26)31)28(34)22(18-30)16-20-9-13-24(36-2)14-10-20/h3-16H,31H2,1-2H3/b21-15+,22-16+. The number of nitriles is 2. The second-order valence-electron chi connectivity index (χ2n) is 7.39. The molecule has 0 radical (unpaired) electrons. The lowest BCUT2D eigenvalue weighted by Crippen LogP contribution is -2.39. The third-order valence-corrected chi connectivity index (χ3v) is 5.14. The molecule has 8 heteroatoms. The Bertz CT molecular complexity index is 1320. The summed E-state index contributed by atoms with van der Waals surface area (Å²) >= 11 is 0. The SMILES string of the molecule is COc1ccc(/C=C(\C#N)C(=O)N(C(=O)/C(C#N)=C/c2ccc(OC)cc2)c2ccccc2N)cc1. The second kappa shape index (κ2) is 11.7. The number of nitrogen functional groups attached to an aromatic ring is 1. The summed E-state index contributed by atoms with van der Waals surface area (Å²) in [6.07, 6.45) is 2.70. The van der Waals surface area contributed by atoms with Gasteiger partial charge >= 0.3 is 0 Å². The van der Waals surface area contributed by atoms with Gasteiger partial charge in [-0.2, -0.15) is 10.5 Å². The number of carbonyl (C=O) groups is 2. The fraction of sp³-hybridized carbons (Fsp3) is 0.0714. The van der Waals surface area contributed by atoms with Crippen LogP contribution in [0, 0.1) is 22.7 Å². The Kier molecular flexibility index (Phi) is 8.21. The van der Waals surface area contributed by atoms with E-state index in [1.807, 2.05) is 12.1 Å². The van der Waals surface area contributed by atoms with Crippen molar-refractivity contribution in [3.05, 3.63) is 95.1 Å². The highest BCUT2D eigenvalue weighted by Crippen LogP contribution is 2.27. The molecule has 36 heavy (non-hydrogen) atoms. The number of ether oxygens (including phenoxy) is 2. The largest absolute Gasteiger partial charge is 0.497 e. The molecule has 0 atom stereocenters. The first-order valence-electron chi connectivity index (χ1n) is 10.7. The molecular weight excluding hydrogens is 456 g/mol. The summed E-state index contributed by atoms with van der Waals surface area (Å²) in [7, 11) is 3.05. The molecule has 3 aromatic carbocycles. The number of benzene rings is 3. The maximum atomic E-state index is 13.5. The van der Waals surface area contributed by atoms with Gasteiger partial charge in [0.2, 0.25) is 0 Å². The number of nitrogens with zero attached hydrogens (tertiary/aromatic N) is 3. The number of carbonyl (C=O) groups excluding carboxylic acids is 2. The predicted octanol–water partition coefficient (Wildman–Crippen LogP) is 4.36. The van der Waals surface area contributed by atoms with Gasteiger partial charge in [-0.05, 0) is 59.7 Å². The van der Waals surface area contributed by atoms with Crippen LogP contribution < -0.4 is 20.1 Å². The van der Waals surface area contributed by atoms with Gasteiger partial charge in [0.1, 0.15) is 34.8 Å². The van der Waals surface area contributed by atoms with Crippen molar-refractivity contribution in [1.82, 2.24) is 0 Å². The Morgan fingerprint density at radius 2 is 1.17 bits per heavy atom. The van der Waals surface area contributed by atoms with Crippen LogP contribution in [0.5, 0.6) is 11.5 Å². The van der Waals surface area contributed by atoms with Gasteiger partial charge < -0.3 is 15.2 Å². The smallest absolute Gasteiger partial charge is 0.276 e. The molecule has 2 N–H and O–H groups in total. The van der Waals surface area contributed by atoms with Crippen molar-refractivity contribution in [2.45, 2.75) is 0 Å². The van der Waals surface area contributed by atoms with E-state index in [1.165, 1.54) is 38.5 Å². The molecule has 3 aromatic rings. The Morgan fingerprint density at radius 3 is 1.53 bits per heavy atom. The molecule has 0 aliphatic heterocycles. The van der Waals surface area contributed by atoms with Crippen LogP contribution in [0.4, 0.5) is 11.4 Å². The Balaban J connectivity index is 2.08. The topological polar surface area (TPSA) is 129 Å². The molecule has 0 bridgehead atoms. The predicted molar refractivity (Wildman–Crippen MR) is 137 cm³/mol. The van der Waals surface area contributed by atoms with Gasteiger partial charge in [0.25, 0.3) is 11.8 Å². The zero-order chi connectivity index (χ0) is 26.1. The number of hydrogen-bond donors (Lipinski definition) is 1. The first kappa shape index (κ1) is 25.3. The first-order valence-corrected chi connectivity index (χ1v) is 10.7. The molecular formula is C28H22N4O4. The van der Waals surface area contributed by atoms with Gasteiger partial charge in [0.15, 0.2) is 0 Å². The van der Waals surface area contributed by atoms with Crippen LogP contribution >= 0.6 is 0 Å². The van der Waals surface area contributed by atoms with Crippen LogP contribution in [0.25, 0.3) is 12.2 Å². The van der Waals surface area contributed by atoms with E-state index >= 15 is 0 Å². The number of nitrogens with two attached hydrogens (primary N) is 1. The zero-order valence-electron chi connectivity index (χ0n) is 19.6. The molecule has 8 nitrogen and oxygen atoms in total. The van der Waals surface area contributed by atoms with Gasteiger partial charge in [-0.3, -0.25) is 9.59 Å². The normalized spacial score (nSPS) is 11.1. The number of para-hydroxylation sites is 2. The van der Waals surface area contributed by atoms with Crippen LogP contribution in [0.15, 0.2) is 83.9 Å². The number of rotatable bonds is 7. The maximum Gasteiger partial charge on any atom is 0.276 e. The third-order valence-electron chi connectivity index (χ3n) is 5.14. The average Bonchev–Trinajstić information content (AvgIpc) is 2.92. The number of amides is 2. The summed E-state index contributed by atoms with van der Waals surface area (Å²) in [6.45, 7) is 0. The number of imide groups is 1. The minimum atomic E-state index is -0.924. The molecule has 0 unspecified atom stereocenters. The van der Waals surface area contributed by atoms with E-state index in [1.54, 1.807) is 60.7 Å². The molecule has 0 saturated carbocycles. The summed E-state index contributed by atoms with van der Waals surface area (Å²) < 4.78 is 10.3. The van der Waals surface area contributed by atoms with Crippen molar-refractivity contribution in [2.75, 3.05) is 24.9 Å². The quantitative estimate of drug-likeness (QED) is 0.303. The lowest BCUT2D eigenvalue weighted by atomic mass is 10.1. The lowest BCUT2D eigenvalue weighted by molar-refractivity contribution is -0.122.